The molecule has 0 fully saturated rings. The van der Waals surface area contributed by atoms with Crippen molar-refractivity contribution in [3.63, 3.8) is 0 Å². The highest BCUT2D eigenvalue weighted by molar-refractivity contribution is 9.10. The molecule has 1 atom stereocenters. The molecule has 6 nitrogen and oxygen atoms in total. The van der Waals surface area contributed by atoms with Crippen molar-refractivity contribution in [2.45, 2.75) is 13.0 Å². The Morgan fingerprint density at radius 1 is 1.29 bits per heavy atom. The lowest BCUT2D eigenvalue weighted by Gasteiger charge is -2.20. The highest BCUT2D eigenvalue weighted by Crippen LogP contribution is 2.31. The third-order valence-corrected chi connectivity index (χ3v) is 3.63. The van der Waals surface area contributed by atoms with E-state index in [0.717, 1.165) is 15.6 Å². The van der Waals surface area contributed by atoms with Crippen LogP contribution in [0.3, 0.4) is 0 Å². The van der Waals surface area contributed by atoms with Crippen molar-refractivity contribution in [1.82, 2.24) is 15.4 Å². The highest BCUT2D eigenvalue weighted by Gasteiger charge is 2.22. The van der Waals surface area contributed by atoms with Crippen molar-refractivity contribution in [2.24, 2.45) is 5.84 Å². The molecular formula is C14H17BrN4O2. The Morgan fingerprint density at radius 3 is 2.67 bits per heavy atom. The van der Waals surface area contributed by atoms with Crippen LogP contribution in [0.25, 0.3) is 0 Å². The van der Waals surface area contributed by atoms with Gasteiger partial charge in [-0.25, -0.2) is 10.4 Å². The molecule has 0 spiro atoms. The summed E-state index contributed by atoms with van der Waals surface area (Å²) in [6.45, 7) is 2.01. The van der Waals surface area contributed by atoms with E-state index >= 15 is 0 Å². The Kier molecular flexibility index (Phi) is 5.11. The summed E-state index contributed by atoms with van der Waals surface area (Å²) in [5, 5.41) is 0. The molecule has 2 rings (SSSR count). The van der Waals surface area contributed by atoms with Crippen molar-refractivity contribution in [3.8, 4) is 11.8 Å². The van der Waals surface area contributed by atoms with Crippen molar-refractivity contribution in [3.05, 3.63) is 45.7 Å². The van der Waals surface area contributed by atoms with Crippen LogP contribution < -0.4 is 20.7 Å². The molecule has 7 heteroatoms. The summed E-state index contributed by atoms with van der Waals surface area (Å²) in [6, 6.07) is 5.64. The fourth-order valence-electron chi connectivity index (χ4n) is 2.05. The third-order valence-electron chi connectivity index (χ3n) is 3.14. The number of ether oxygens (including phenoxy) is 2. The van der Waals surface area contributed by atoms with Crippen LogP contribution in [-0.2, 0) is 0 Å². The SMILES string of the molecule is COc1cnc(C(NN)c2cc(Br)ccc2C)c(OC)n1. The largest absolute Gasteiger partial charge is 0.480 e. The molecule has 1 aromatic carbocycles. The predicted octanol–water partition coefficient (Wildman–Crippen LogP) is 2.12. The molecule has 0 aliphatic heterocycles. The summed E-state index contributed by atoms with van der Waals surface area (Å²) >= 11 is 3.47. The molecule has 1 heterocycles. The van der Waals surface area contributed by atoms with Crippen LogP contribution in [0.5, 0.6) is 11.8 Å². The summed E-state index contributed by atoms with van der Waals surface area (Å²) < 4.78 is 11.3. The first-order valence-electron chi connectivity index (χ1n) is 6.27. The average Bonchev–Trinajstić information content (AvgIpc) is 2.51. The van der Waals surface area contributed by atoms with Gasteiger partial charge in [0.05, 0.1) is 26.5 Å². The lowest BCUT2D eigenvalue weighted by Crippen LogP contribution is -2.30. The Hall–Kier alpha value is -1.70. The van der Waals surface area contributed by atoms with E-state index in [1.807, 2.05) is 25.1 Å². The summed E-state index contributed by atoms with van der Waals surface area (Å²) in [7, 11) is 3.06. The minimum atomic E-state index is -0.337. The minimum Gasteiger partial charge on any atom is -0.480 e. The molecule has 0 saturated carbocycles. The molecule has 0 aliphatic carbocycles. The van der Waals surface area contributed by atoms with E-state index in [1.165, 1.54) is 20.4 Å². The molecule has 3 N–H and O–H groups in total. The molecule has 21 heavy (non-hydrogen) atoms. The number of hydrogen-bond donors (Lipinski definition) is 2. The van der Waals surface area contributed by atoms with Crippen molar-refractivity contribution in [1.29, 1.82) is 0 Å². The molecular weight excluding hydrogens is 336 g/mol. The number of aryl methyl sites for hydroxylation is 1. The molecule has 2 aromatic rings. The van der Waals surface area contributed by atoms with Gasteiger partial charge in [-0.15, -0.1) is 0 Å². The lowest BCUT2D eigenvalue weighted by atomic mass is 9.99. The molecule has 0 amide bonds. The molecule has 0 bridgehead atoms. The molecule has 0 saturated heterocycles. The normalized spacial score (nSPS) is 12.0. The second-order valence-electron chi connectivity index (χ2n) is 4.41. The first-order chi connectivity index (χ1) is 10.1. The quantitative estimate of drug-likeness (QED) is 0.633. The van der Waals surface area contributed by atoms with Crippen LogP contribution in [0.1, 0.15) is 22.9 Å². The van der Waals surface area contributed by atoms with E-state index in [0.29, 0.717) is 17.5 Å². The summed E-state index contributed by atoms with van der Waals surface area (Å²) in [4.78, 5) is 8.61. The Bertz CT molecular complexity index is 636. The van der Waals surface area contributed by atoms with Gasteiger partial charge in [0.15, 0.2) is 0 Å². The zero-order chi connectivity index (χ0) is 15.4. The maximum Gasteiger partial charge on any atom is 0.240 e. The van der Waals surface area contributed by atoms with Crippen molar-refractivity contribution in [2.75, 3.05) is 14.2 Å². The van der Waals surface area contributed by atoms with Crippen LogP contribution in [0.15, 0.2) is 28.9 Å². The second kappa shape index (κ2) is 6.84. The van der Waals surface area contributed by atoms with Crippen LogP contribution in [0.2, 0.25) is 0 Å². The van der Waals surface area contributed by atoms with Gasteiger partial charge in [0.1, 0.15) is 5.69 Å². The van der Waals surface area contributed by atoms with E-state index in [4.69, 9.17) is 15.3 Å². The van der Waals surface area contributed by atoms with Crippen LogP contribution in [0, 0.1) is 6.92 Å². The highest BCUT2D eigenvalue weighted by atomic mass is 79.9. The van der Waals surface area contributed by atoms with E-state index < -0.39 is 0 Å². The Labute approximate surface area is 131 Å². The zero-order valence-electron chi connectivity index (χ0n) is 12.1. The third kappa shape index (κ3) is 3.31. The fraction of sp³-hybridized carbons (Fsp3) is 0.286. The number of aromatic nitrogens is 2. The van der Waals surface area contributed by atoms with Gasteiger partial charge in [0.2, 0.25) is 11.8 Å². The maximum atomic E-state index is 5.73. The first-order valence-corrected chi connectivity index (χ1v) is 7.07. The van der Waals surface area contributed by atoms with Crippen molar-refractivity contribution < 1.29 is 9.47 Å². The van der Waals surface area contributed by atoms with Crippen LogP contribution in [0.4, 0.5) is 0 Å². The van der Waals surface area contributed by atoms with Gasteiger partial charge in [-0.1, -0.05) is 22.0 Å². The smallest absolute Gasteiger partial charge is 0.240 e. The van der Waals surface area contributed by atoms with Crippen LogP contribution >= 0.6 is 15.9 Å². The number of nitrogens with one attached hydrogen (secondary N) is 1. The number of hydrogen-bond acceptors (Lipinski definition) is 6. The summed E-state index contributed by atoms with van der Waals surface area (Å²) in [5.74, 6) is 6.49. The van der Waals surface area contributed by atoms with Gasteiger partial charge in [-0.2, -0.15) is 4.98 Å². The average molecular weight is 353 g/mol. The lowest BCUT2D eigenvalue weighted by molar-refractivity contribution is 0.352. The van der Waals surface area contributed by atoms with Gasteiger partial charge in [0, 0.05) is 4.47 Å². The van der Waals surface area contributed by atoms with Crippen molar-refractivity contribution >= 4 is 15.9 Å². The summed E-state index contributed by atoms with van der Waals surface area (Å²) in [5.41, 5.74) is 5.44. The topological polar surface area (TPSA) is 82.3 Å². The van der Waals surface area contributed by atoms with Gasteiger partial charge >= 0.3 is 0 Å². The molecule has 1 aromatic heterocycles. The minimum absolute atomic E-state index is 0.337. The number of nitrogens with zero attached hydrogens (tertiary/aromatic N) is 2. The number of hydrazine groups is 1. The summed E-state index contributed by atoms with van der Waals surface area (Å²) in [6.07, 6.45) is 1.54. The number of halogens is 1. The van der Waals surface area contributed by atoms with E-state index in [2.05, 4.69) is 31.3 Å². The van der Waals surface area contributed by atoms with Gasteiger partial charge < -0.3 is 9.47 Å². The predicted molar refractivity (Wildman–Crippen MR) is 83.2 cm³/mol. The number of methoxy groups -OCH3 is 2. The Morgan fingerprint density at radius 2 is 2.05 bits per heavy atom. The van der Waals surface area contributed by atoms with E-state index in [1.54, 1.807) is 0 Å². The molecule has 1 unspecified atom stereocenters. The fourth-order valence-corrected chi connectivity index (χ4v) is 2.43. The standard InChI is InChI=1S/C14H17BrN4O2/c1-8-4-5-9(15)6-10(8)12(19-16)13-14(21-3)18-11(20-2)7-17-13/h4-7,12,19H,16H2,1-3H3. The second-order valence-corrected chi connectivity index (χ2v) is 5.32. The zero-order valence-corrected chi connectivity index (χ0v) is 13.6. The van der Waals surface area contributed by atoms with Crippen LogP contribution in [-0.4, -0.2) is 24.2 Å². The number of benzene rings is 1. The monoisotopic (exact) mass is 352 g/mol. The number of rotatable bonds is 5. The molecule has 0 radical (unpaired) electrons. The van der Waals surface area contributed by atoms with E-state index in [-0.39, 0.29) is 6.04 Å². The van der Waals surface area contributed by atoms with Gasteiger partial charge in [-0.3, -0.25) is 5.84 Å². The maximum absolute atomic E-state index is 5.73. The van der Waals surface area contributed by atoms with E-state index in [9.17, 15) is 0 Å². The molecule has 0 aliphatic rings. The first kappa shape index (κ1) is 15.7. The van der Waals surface area contributed by atoms with Gasteiger partial charge in [-0.05, 0) is 30.2 Å². The Balaban J connectivity index is 2.53. The molecule has 112 valence electrons. The number of nitrogens with two attached hydrogens (primary N) is 1. The van der Waals surface area contributed by atoms with Gasteiger partial charge in [0.25, 0.3) is 0 Å².